The lowest BCUT2D eigenvalue weighted by Gasteiger charge is -2.38. The fourth-order valence-corrected chi connectivity index (χ4v) is 2.95. The quantitative estimate of drug-likeness (QED) is 0.887. The van der Waals surface area contributed by atoms with Crippen LogP contribution in [0, 0.1) is 6.92 Å². The lowest BCUT2D eigenvalue weighted by atomic mass is 10.0. The van der Waals surface area contributed by atoms with Crippen LogP contribution in [0.2, 0.25) is 0 Å². The van der Waals surface area contributed by atoms with Gasteiger partial charge in [0.05, 0.1) is 19.6 Å². The summed E-state index contributed by atoms with van der Waals surface area (Å²) in [4.78, 5) is 27.5. The van der Waals surface area contributed by atoms with Gasteiger partial charge in [-0.15, -0.1) is 11.3 Å². The zero-order valence-electron chi connectivity index (χ0n) is 11.1. The maximum absolute atomic E-state index is 12.2. The first-order chi connectivity index (χ1) is 8.90. The van der Waals surface area contributed by atoms with Gasteiger partial charge in [-0.25, -0.2) is 0 Å². The summed E-state index contributed by atoms with van der Waals surface area (Å²) in [7, 11) is 0. The van der Waals surface area contributed by atoms with E-state index in [9.17, 15) is 9.59 Å². The zero-order chi connectivity index (χ0) is 14.0. The molecule has 0 aromatic carbocycles. The molecule has 1 unspecified atom stereocenters. The summed E-state index contributed by atoms with van der Waals surface area (Å²) in [5.41, 5.74) is 4.25. The van der Waals surface area contributed by atoms with Gasteiger partial charge in [-0.3, -0.25) is 9.59 Å². The summed E-state index contributed by atoms with van der Waals surface area (Å²) >= 11 is 1.62. The largest absolute Gasteiger partial charge is 0.367 e. The van der Waals surface area contributed by atoms with Crippen molar-refractivity contribution in [3.8, 4) is 0 Å². The molecule has 0 aliphatic carbocycles. The topological polar surface area (TPSA) is 72.6 Å². The standard InChI is InChI=1S/C13H18N2O3S/c1-9-3-4-10(19-9)7-11(16)15-5-6-18-13(2,8-15)12(14)17/h3-4H,5-8H2,1-2H3,(H2,14,17). The minimum atomic E-state index is -1.07. The van der Waals surface area contributed by atoms with Gasteiger partial charge in [-0.05, 0) is 26.0 Å². The van der Waals surface area contributed by atoms with E-state index in [1.165, 1.54) is 4.88 Å². The van der Waals surface area contributed by atoms with Gasteiger partial charge in [-0.2, -0.15) is 0 Å². The first kappa shape index (κ1) is 14.0. The Hall–Kier alpha value is -1.40. The number of rotatable bonds is 3. The van der Waals surface area contributed by atoms with E-state index in [4.69, 9.17) is 10.5 Å². The Morgan fingerprint density at radius 1 is 1.53 bits per heavy atom. The van der Waals surface area contributed by atoms with Crippen molar-refractivity contribution in [2.75, 3.05) is 19.7 Å². The average molecular weight is 282 g/mol. The molecule has 19 heavy (non-hydrogen) atoms. The van der Waals surface area contributed by atoms with E-state index in [1.807, 2.05) is 19.1 Å². The molecule has 1 fully saturated rings. The molecule has 1 aliphatic rings. The first-order valence-corrected chi connectivity index (χ1v) is 6.99. The van der Waals surface area contributed by atoms with Crippen LogP contribution in [0.4, 0.5) is 0 Å². The first-order valence-electron chi connectivity index (χ1n) is 6.18. The van der Waals surface area contributed by atoms with Crippen LogP contribution in [0.1, 0.15) is 16.7 Å². The van der Waals surface area contributed by atoms with Crippen LogP contribution in [0.5, 0.6) is 0 Å². The van der Waals surface area contributed by atoms with E-state index in [-0.39, 0.29) is 12.5 Å². The maximum Gasteiger partial charge on any atom is 0.251 e. The Labute approximate surface area is 116 Å². The molecular formula is C13H18N2O3S. The fourth-order valence-electron chi connectivity index (χ4n) is 2.07. The number of ether oxygens (including phenoxy) is 1. The summed E-state index contributed by atoms with van der Waals surface area (Å²) < 4.78 is 5.40. The van der Waals surface area contributed by atoms with E-state index in [0.29, 0.717) is 19.6 Å². The lowest BCUT2D eigenvalue weighted by molar-refractivity contribution is -0.160. The minimum Gasteiger partial charge on any atom is -0.367 e. The van der Waals surface area contributed by atoms with Crippen molar-refractivity contribution in [2.24, 2.45) is 5.73 Å². The molecule has 1 saturated heterocycles. The van der Waals surface area contributed by atoms with Gasteiger partial charge in [0, 0.05) is 16.3 Å². The van der Waals surface area contributed by atoms with Gasteiger partial charge in [0.2, 0.25) is 5.91 Å². The third-order valence-electron chi connectivity index (χ3n) is 3.27. The predicted octanol–water partition coefficient (Wildman–Crippen LogP) is 0.702. The second kappa shape index (κ2) is 5.30. The molecule has 104 valence electrons. The fraction of sp³-hybridized carbons (Fsp3) is 0.538. The molecule has 0 spiro atoms. The Bertz CT molecular complexity index is 500. The number of nitrogens with two attached hydrogens (primary N) is 1. The minimum absolute atomic E-state index is 0.0117. The SMILES string of the molecule is Cc1ccc(CC(=O)N2CCOC(C)(C(N)=O)C2)s1. The van der Waals surface area contributed by atoms with Crippen molar-refractivity contribution in [3.05, 3.63) is 21.9 Å². The van der Waals surface area contributed by atoms with Crippen molar-refractivity contribution in [3.63, 3.8) is 0 Å². The van der Waals surface area contributed by atoms with E-state index < -0.39 is 11.5 Å². The molecule has 2 rings (SSSR count). The van der Waals surface area contributed by atoms with Crippen molar-refractivity contribution >= 4 is 23.2 Å². The zero-order valence-corrected chi connectivity index (χ0v) is 12.0. The second-order valence-corrected chi connectivity index (χ2v) is 6.32. The van der Waals surface area contributed by atoms with E-state index in [2.05, 4.69) is 0 Å². The molecule has 5 nitrogen and oxygen atoms in total. The number of amides is 2. The third-order valence-corrected chi connectivity index (χ3v) is 4.27. The Kier molecular flexibility index (Phi) is 3.91. The number of carbonyl (C=O) groups is 2. The monoisotopic (exact) mass is 282 g/mol. The van der Waals surface area contributed by atoms with Gasteiger partial charge < -0.3 is 15.4 Å². The van der Waals surface area contributed by atoms with Gasteiger partial charge in [0.15, 0.2) is 5.60 Å². The summed E-state index contributed by atoms with van der Waals surface area (Å²) in [6, 6.07) is 3.96. The summed E-state index contributed by atoms with van der Waals surface area (Å²) in [5.74, 6) is -0.519. The highest BCUT2D eigenvalue weighted by molar-refractivity contribution is 7.12. The molecule has 2 amide bonds. The van der Waals surface area contributed by atoms with Crippen LogP contribution in [-0.2, 0) is 20.7 Å². The van der Waals surface area contributed by atoms with Crippen LogP contribution in [0.3, 0.4) is 0 Å². The predicted molar refractivity (Wildman–Crippen MR) is 72.9 cm³/mol. The Morgan fingerprint density at radius 2 is 2.26 bits per heavy atom. The number of hydrogen-bond acceptors (Lipinski definition) is 4. The molecule has 1 atom stereocenters. The maximum atomic E-state index is 12.2. The van der Waals surface area contributed by atoms with E-state index >= 15 is 0 Å². The molecule has 6 heteroatoms. The Balaban J connectivity index is 2.01. The van der Waals surface area contributed by atoms with Crippen molar-refractivity contribution in [1.29, 1.82) is 0 Å². The Morgan fingerprint density at radius 3 is 2.84 bits per heavy atom. The van der Waals surface area contributed by atoms with Crippen LogP contribution in [0.15, 0.2) is 12.1 Å². The van der Waals surface area contributed by atoms with Crippen molar-refractivity contribution in [2.45, 2.75) is 25.9 Å². The molecule has 1 aromatic heterocycles. The molecule has 2 heterocycles. The summed E-state index contributed by atoms with van der Waals surface area (Å²) in [6.45, 7) is 4.72. The number of aryl methyl sites for hydroxylation is 1. The number of thiophene rings is 1. The van der Waals surface area contributed by atoms with E-state index in [1.54, 1.807) is 23.2 Å². The highest BCUT2D eigenvalue weighted by Gasteiger charge is 2.39. The van der Waals surface area contributed by atoms with Gasteiger partial charge in [0.25, 0.3) is 5.91 Å². The molecule has 1 aromatic rings. The highest BCUT2D eigenvalue weighted by atomic mass is 32.1. The molecule has 1 aliphatic heterocycles. The van der Waals surface area contributed by atoms with Crippen molar-refractivity contribution in [1.82, 2.24) is 4.90 Å². The van der Waals surface area contributed by atoms with E-state index in [0.717, 1.165) is 4.88 Å². The summed E-state index contributed by atoms with van der Waals surface area (Å²) in [5, 5.41) is 0. The van der Waals surface area contributed by atoms with Crippen LogP contribution < -0.4 is 5.73 Å². The lowest BCUT2D eigenvalue weighted by Crippen LogP contribution is -2.58. The molecule has 0 saturated carbocycles. The normalized spacial score (nSPS) is 23.4. The number of carbonyl (C=O) groups excluding carboxylic acids is 2. The van der Waals surface area contributed by atoms with Crippen molar-refractivity contribution < 1.29 is 14.3 Å². The highest BCUT2D eigenvalue weighted by Crippen LogP contribution is 2.20. The smallest absolute Gasteiger partial charge is 0.251 e. The number of morpholine rings is 1. The number of hydrogen-bond donors (Lipinski definition) is 1. The van der Waals surface area contributed by atoms with Gasteiger partial charge in [0.1, 0.15) is 0 Å². The second-order valence-electron chi connectivity index (χ2n) is 4.95. The average Bonchev–Trinajstić information content (AvgIpc) is 2.74. The molecule has 0 radical (unpaired) electrons. The molecule has 2 N–H and O–H groups in total. The van der Waals surface area contributed by atoms with Crippen LogP contribution in [0.25, 0.3) is 0 Å². The summed E-state index contributed by atoms with van der Waals surface area (Å²) in [6.07, 6.45) is 0.368. The number of nitrogens with zero attached hydrogens (tertiary/aromatic N) is 1. The van der Waals surface area contributed by atoms with Gasteiger partial charge >= 0.3 is 0 Å². The molecule has 0 bridgehead atoms. The van der Waals surface area contributed by atoms with Crippen LogP contribution in [-0.4, -0.2) is 42.0 Å². The third kappa shape index (κ3) is 3.13. The molecular weight excluding hydrogens is 264 g/mol. The van der Waals surface area contributed by atoms with Crippen LogP contribution >= 0.6 is 11.3 Å². The number of primary amides is 1. The van der Waals surface area contributed by atoms with Gasteiger partial charge in [-0.1, -0.05) is 0 Å².